The summed E-state index contributed by atoms with van der Waals surface area (Å²) in [6, 6.07) is 4.08. The van der Waals surface area contributed by atoms with E-state index in [1.54, 1.807) is 18.4 Å². The van der Waals surface area contributed by atoms with Crippen LogP contribution in [0.3, 0.4) is 0 Å². The van der Waals surface area contributed by atoms with E-state index in [0.29, 0.717) is 12.6 Å². The number of nitrogens with one attached hydrogen (secondary N) is 1. The van der Waals surface area contributed by atoms with Crippen molar-refractivity contribution in [1.82, 2.24) is 9.97 Å². The first-order valence-electron chi connectivity index (χ1n) is 4.99. The maximum absolute atomic E-state index is 4.93. The van der Waals surface area contributed by atoms with Crippen molar-refractivity contribution in [3.05, 3.63) is 29.9 Å². The van der Waals surface area contributed by atoms with E-state index >= 15 is 0 Å². The van der Waals surface area contributed by atoms with Crippen molar-refractivity contribution in [1.29, 1.82) is 0 Å². The molecular weight excluding hydrogens is 222 g/mol. The van der Waals surface area contributed by atoms with Gasteiger partial charge in [0.2, 0.25) is 5.95 Å². The summed E-state index contributed by atoms with van der Waals surface area (Å²) in [4.78, 5) is 9.65. The number of ether oxygens (including phenoxy) is 1. The van der Waals surface area contributed by atoms with Crippen molar-refractivity contribution >= 4 is 17.3 Å². The Kier molecular flexibility index (Phi) is 3.85. The number of thiophene rings is 1. The summed E-state index contributed by atoms with van der Waals surface area (Å²) in [5.74, 6) is 0.636. The lowest BCUT2D eigenvalue weighted by Gasteiger charge is -2.03. The van der Waals surface area contributed by atoms with Crippen LogP contribution in [-0.2, 0) is 4.74 Å². The molecule has 0 unspecified atom stereocenters. The van der Waals surface area contributed by atoms with Crippen LogP contribution >= 0.6 is 11.3 Å². The minimum atomic E-state index is 0.636. The van der Waals surface area contributed by atoms with Crippen LogP contribution in [0.25, 0.3) is 10.4 Å². The zero-order chi connectivity index (χ0) is 11.2. The summed E-state index contributed by atoms with van der Waals surface area (Å²) in [5, 5.41) is 5.12. The van der Waals surface area contributed by atoms with Crippen LogP contribution in [0.15, 0.2) is 29.9 Å². The highest BCUT2D eigenvalue weighted by atomic mass is 32.1. The third-order valence-corrected chi connectivity index (χ3v) is 2.97. The molecular formula is C11H13N3OS. The zero-order valence-corrected chi connectivity index (χ0v) is 9.83. The average Bonchev–Trinajstić information content (AvgIpc) is 2.84. The van der Waals surface area contributed by atoms with Gasteiger partial charge >= 0.3 is 0 Å². The fourth-order valence-electron chi connectivity index (χ4n) is 1.25. The summed E-state index contributed by atoms with van der Waals surface area (Å²) < 4.78 is 4.93. The molecule has 0 aliphatic heterocycles. The predicted octanol–water partition coefficient (Wildman–Crippen LogP) is 2.26. The van der Waals surface area contributed by atoms with Gasteiger partial charge in [-0.05, 0) is 11.4 Å². The molecule has 0 aromatic carbocycles. The maximum atomic E-state index is 4.93. The van der Waals surface area contributed by atoms with E-state index in [-0.39, 0.29) is 0 Å². The minimum absolute atomic E-state index is 0.636. The van der Waals surface area contributed by atoms with Crippen molar-refractivity contribution in [2.24, 2.45) is 0 Å². The Balaban J connectivity index is 2.00. The highest BCUT2D eigenvalue weighted by Gasteiger charge is 2.00. The number of rotatable bonds is 5. The maximum Gasteiger partial charge on any atom is 0.222 e. The number of methoxy groups -OCH3 is 1. The van der Waals surface area contributed by atoms with E-state index in [1.165, 1.54) is 4.88 Å². The molecule has 2 aromatic heterocycles. The molecule has 0 spiro atoms. The molecule has 2 aromatic rings. The quantitative estimate of drug-likeness (QED) is 0.807. The molecule has 0 bridgehead atoms. The van der Waals surface area contributed by atoms with E-state index in [2.05, 4.69) is 21.4 Å². The molecule has 0 aliphatic rings. The second-order valence-electron chi connectivity index (χ2n) is 3.19. The first-order valence-corrected chi connectivity index (χ1v) is 5.87. The second kappa shape index (κ2) is 5.58. The number of hydrogen-bond acceptors (Lipinski definition) is 5. The molecule has 0 saturated heterocycles. The Morgan fingerprint density at radius 3 is 2.81 bits per heavy atom. The highest BCUT2D eigenvalue weighted by molar-refractivity contribution is 7.13. The van der Waals surface area contributed by atoms with Gasteiger partial charge in [-0.1, -0.05) is 6.07 Å². The SMILES string of the molecule is COCCNc1ncc(-c2cccs2)cn1. The largest absolute Gasteiger partial charge is 0.383 e. The smallest absolute Gasteiger partial charge is 0.222 e. The topological polar surface area (TPSA) is 47.0 Å². The molecule has 1 N–H and O–H groups in total. The molecule has 2 rings (SSSR count). The Bertz CT molecular complexity index is 413. The van der Waals surface area contributed by atoms with Gasteiger partial charge in [-0.15, -0.1) is 11.3 Å². The van der Waals surface area contributed by atoms with Gasteiger partial charge in [0.15, 0.2) is 0 Å². The predicted molar refractivity (Wildman–Crippen MR) is 65.7 cm³/mol. The number of aromatic nitrogens is 2. The molecule has 0 aliphatic carbocycles. The van der Waals surface area contributed by atoms with Crippen molar-refractivity contribution < 1.29 is 4.74 Å². The third kappa shape index (κ3) is 2.77. The van der Waals surface area contributed by atoms with Crippen molar-refractivity contribution in [2.75, 3.05) is 25.6 Å². The molecule has 0 amide bonds. The number of nitrogens with zero attached hydrogens (tertiary/aromatic N) is 2. The molecule has 0 radical (unpaired) electrons. The van der Waals surface area contributed by atoms with Crippen molar-refractivity contribution in [2.45, 2.75) is 0 Å². The fourth-order valence-corrected chi connectivity index (χ4v) is 1.96. The average molecular weight is 235 g/mol. The molecule has 0 saturated carbocycles. The normalized spacial score (nSPS) is 10.3. The van der Waals surface area contributed by atoms with Gasteiger partial charge in [-0.3, -0.25) is 0 Å². The molecule has 84 valence electrons. The van der Waals surface area contributed by atoms with Gasteiger partial charge in [0.05, 0.1) is 6.61 Å². The zero-order valence-electron chi connectivity index (χ0n) is 9.01. The van der Waals surface area contributed by atoms with E-state index in [1.807, 2.05) is 23.8 Å². The Hall–Kier alpha value is -1.46. The lowest BCUT2D eigenvalue weighted by Crippen LogP contribution is -2.09. The molecule has 4 nitrogen and oxygen atoms in total. The van der Waals surface area contributed by atoms with Crippen molar-refractivity contribution in [3.8, 4) is 10.4 Å². The Morgan fingerprint density at radius 2 is 2.19 bits per heavy atom. The van der Waals surface area contributed by atoms with Crippen LogP contribution < -0.4 is 5.32 Å². The summed E-state index contributed by atoms with van der Waals surface area (Å²) in [5.41, 5.74) is 1.05. The van der Waals surface area contributed by atoms with Gasteiger partial charge in [-0.2, -0.15) is 0 Å². The van der Waals surface area contributed by atoms with Crippen molar-refractivity contribution in [3.63, 3.8) is 0 Å². The van der Waals surface area contributed by atoms with E-state index in [9.17, 15) is 0 Å². The number of hydrogen-bond donors (Lipinski definition) is 1. The second-order valence-corrected chi connectivity index (χ2v) is 4.14. The molecule has 2 heterocycles. The van der Waals surface area contributed by atoms with Crippen LogP contribution in [-0.4, -0.2) is 30.2 Å². The lowest BCUT2D eigenvalue weighted by atomic mass is 10.3. The van der Waals surface area contributed by atoms with Crippen LogP contribution in [0.2, 0.25) is 0 Å². The highest BCUT2D eigenvalue weighted by Crippen LogP contribution is 2.23. The van der Waals surface area contributed by atoms with Crippen LogP contribution in [0.5, 0.6) is 0 Å². The third-order valence-electron chi connectivity index (χ3n) is 2.05. The van der Waals surface area contributed by atoms with Gasteiger partial charge in [0.1, 0.15) is 0 Å². The summed E-state index contributed by atoms with van der Waals surface area (Å²) in [6.07, 6.45) is 3.65. The molecule has 0 fully saturated rings. The van der Waals surface area contributed by atoms with E-state index < -0.39 is 0 Å². The fraction of sp³-hybridized carbons (Fsp3) is 0.273. The van der Waals surface area contributed by atoms with Gasteiger partial charge in [0, 0.05) is 36.5 Å². The Morgan fingerprint density at radius 1 is 1.38 bits per heavy atom. The van der Waals surface area contributed by atoms with E-state index in [4.69, 9.17) is 4.74 Å². The first-order chi connectivity index (χ1) is 7.90. The van der Waals surface area contributed by atoms with Crippen LogP contribution in [0, 0.1) is 0 Å². The minimum Gasteiger partial charge on any atom is -0.383 e. The first kappa shape index (κ1) is 11.0. The van der Waals surface area contributed by atoms with E-state index in [0.717, 1.165) is 12.1 Å². The van der Waals surface area contributed by atoms with Gasteiger partial charge < -0.3 is 10.1 Å². The lowest BCUT2D eigenvalue weighted by molar-refractivity contribution is 0.210. The summed E-state index contributed by atoms with van der Waals surface area (Å²) >= 11 is 1.68. The molecule has 0 atom stereocenters. The standard InChI is InChI=1S/C11H13N3OS/c1-15-5-4-12-11-13-7-9(8-14-11)10-3-2-6-16-10/h2-3,6-8H,4-5H2,1H3,(H,12,13,14). The van der Waals surface area contributed by atoms with Gasteiger partial charge in [0.25, 0.3) is 0 Å². The monoisotopic (exact) mass is 235 g/mol. The summed E-state index contributed by atoms with van der Waals surface area (Å²) in [7, 11) is 1.67. The Labute approximate surface area is 98.3 Å². The van der Waals surface area contributed by atoms with Crippen LogP contribution in [0.1, 0.15) is 0 Å². The molecule has 5 heteroatoms. The van der Waals surface area contributed by atoms with Crippen LogP contribution in [0.4, 0.5) is 5.95 Å². The van der Waals surface area contributed by atoms with Gasteiger partial charge in [-0.25, -0.2) is 9.97 Å². The molecule has 16 heavy (non-hydrogen) atoms. The summed E-state index contributed by atoms with van der Waals surface area (Å²) in [6.45, 7) is 1.37. The number of anilines is 1.